The monoisotopic (exact) mass is 463 g/mol. The molecular weight excluding hydrogens is 446 g/mol. The van der Waals surface area contributed by atoms with Crippen molar-refractivity contribution in [2.75, 3.05) is 13.2 Å². The first-order valence-electron chi connectivity index (χ1n) is 8.53. The Kier molecular flexibility index (Phi) is 8.28. The second kappa shape index (κ2) is 10.9. The quantitative estimate of drug-likeness (QED) is 0.264. The molecule has 0 radical (unpaired) electrons. The molecule has 2 aromatic carbocycles. The third-order valence-electron chi connectivity index (χ3n) is 3.55. The zero-order valence-corrected chi connectivity index (χ0v) is 17.0. The Bertz CT molecular complexity index is 932. The van der Waals surface area contributed by atoms with Crippen LogP contribution in [0.3, 0.4) is 0 Å². The number of hydrogen-bond donors (Lipinski definition) is 1. The van der Waals surface area contributed by atoms with Crippen molar-refractivity contribution in [3.63, 3.8) is 0 Å². The topological polar surface area (TPSA) is 120 Å². The molecule has 29 heavy (non-hydrogen) atoms. The van der Waals surface area contributed by atoms with E-state index in [0.717, 1.165) is 4.47 Å². The van der Waals surface area contributed by atoms with E-state index < -0.39 is 16.8 Å². The molecule has 0 bridgehead atoms. The van der Waals surface area contributed by atoms with Gasteiger partial charge in [-0.3, -0.25) is 14.9 Å². The lowest BCUT2D eigenvalue weighted by molar-refractivity contribution is -0.385. The Morgan fingerprint density at radius 1 is 1.28 bits per heavy atom. The number of nitrogens with one attached hydrogen (secondary N) is 1. The molecule has 0 aromatic heterocycles. The molecule has 0 spiro atoms. The number of halogens is 1. The van der Waals surface area contributed by atoms with E-state index in [9.17, 15) is 19.7 Å². The van der Waals surface area contributed by atoms with Crippen LogP contribution in [0.4, 0.5) is 5.69 Å². The van der Waals surface area contributed by atoms with Gasteiger partial charge in [0.15, 0.2) is 6.61 Å². The summed E-state index contributed by atoms with van der Waals surface area (Å²) in [6, 6.07) is 11.1. The van der Waals surface area contributed by atoms with Gasteiger partial charge in [0.05, 0.1) is 24.2 Å². The molecule has 0 unspecified atom stereocenters. The van der Waals surface area contributed by atoms with Crippen LogP contribution in [0.15, 0.2) is 52.0 Å². The van der Waals surface area contributed by atoms with E-state index in [1.54, 1.807) is 31.2 Å². The minimum Gasteiger partial charge on any atom is -0.481 e. The fourth-order valence-corrected chi connectivity index (χ4v) is 2.69. The van der Waals surface area contributed by atoms with E-state index in [1.807, 2.05) is 0 Å². The summed E-state index contributed by atoms with van der Waals surface area (Å²) in [5, 5.41) is 14.9. The molecule has 1 amide bonds. The number of ether oxygens (including phenoxy) is 2. The van der Waals surface area contributed by atoms with E-state index in [4.69, 9.17) is 9.47 Å². The molecule has 0 saturated carbocycles. The van der Waals surface area contributed by atoms with Crippen molar-refractivity contribution in [3.8, 4) is 5.75 Å². The SMILES string of the molecule is CCOC(=O)COc1ccc(Br)cc1C=NNC(=O)Cc1ccccc1[N+](=O)[O-]. The van der Waals surface area contributed by atoms with Crippen molar-refractivity contribution in [2.45, 2.75) is 13.3 Å². The molecule has 0 aliphatic carbocycles. The summed E-state index contributed by atoms with van der Waals surface area (Å²) in [5.41, 5.74) is 2.98. The Balaban J connectivity index is 2.02. The number of carbonyl (C=O) groups is 2. The molecule has 1 N–H and O–H groups in total. The normalized spacial score (nSPS) is 10.6. The fraction of sp³-hybridized carbons (Fsp3) is 0.211. The summed E-state index contributed by atoms with van der Waals surface area (Å²) in [4.78, 5) is 34.0. The van der Waals surface area contributed by atoms with E-state index in [2.05, 4.69) is 26.5 Å². The van der Waals surface area contributed by atoms with Gasteiger partial charge >= 0.3 is 5.97 Å². The molecule has 9 nitrogen and oxygen atoms in total. The Morgan fingerprint density at radius 2 is 2.03 bits per heavy atom. The van der Waals surface area contributed by atoms with Crippen molar-refractivity contribution >= 4 is 39.7 Å². The second-order valence-electron chi connectivity index (χ2n) is 5.63. The third kappa shape index (κ3) is 7.00. The van der Waals surface area contributed by atoms with Crippen molar-refractivity contribution in [3.05, 3.63) is 68.2 Å². The molecule has 0 saturated heterocycles. The van der Waals surface area contributed by atoms with Crippen LogP contribution in [-0.4, -0.2) is 36.2 Å². The van der Waals surface area contributed by atoms with Crippen LogP contribution in [-0.2, 0) is 20.7 Å². The van der Waals surface area contributed by atoms with Crippen LogP contribution >= 0.6 is 15.9 Å². The molecule has 10 heteroatoms. The second-order valence-corrected chi connectivity index (χ2v) is 6.55. The predicted octanol–water partition coefficient (Wildman–Crippen LogP) is 2.99. The molecule has 0 aliphatic heterocycles. The van der Waals surface area contributed by atoms with Gasteiger partial charge in [-0.25, -0.2) is 10.2 Å². The maximum absolute atomic E-state index is 12.1. The summed E-state index contributed by atoms with van der Waals surface area (Å²) in [6.07, 6.45) is 1.15. The number of nitro benzene ring substituents is 1. The van der Waals surface area contributed by atoms with Gasteiger partial charge in [-0.1, -0.05) is 34.1 Å². The zero-order chi connectivity index (χ0) is 21.2. The lowest BCUT2D eigenvalue weighted by Crippen LogP contribution is -2.20. The van der Waals surface area contributed by atoms with Crippen molar-refractivity contribution in [2.24, 2.45) is 5.10 Å². The number of amides is 1. The molecule has 0 atom stereocenters. The fourth-order valence-electron chi connectivity index (χ4n) is 2.32. The van der Waals surface area contributed by atoms with Crippen LogP contribution < -0.4 is 10.2 Å². The standard InChI is InChI=1S/C19H18BrN3O6/c1-2-28-19(25)12-29-17-8-7-15(20)9-14(17)11-21-22-18(24)10-13-5-3-4-6-16(13)23(26)27/h3-9,11H,2,10,12H2,1H3,(H,22,24). The Hall–Kier alpha value is -3.27. The van der Waals surface area contributed by atoms with Crippen LogP contribution in [0.5, 0.6) is 5.75 Å². The van der Waals surface area contributed by atoms with Gasteiger partial charge in [-0.05, 0) is 25.1 Å². The highest BCUT2D eigenvalue weighted by molar-refractivity contribution is 9.10. The minimum atomic E-state index is -0.541. The Morgan fingerprint density at radius 3 is 2.76 bits per heavy atom. The molecule has 0 heterocycles. The van der Waals surface area contributed by atoms with Gasteiger partial charge in [0, 0.05) is 21.7 Å². The molecule has 152 valence electrons. The van der Waals surface area contributed by atoms with Gasteiger partial charge in [-0.2, -0.15) is 5.10 Å². The van der Waals surface area contributed by atoms with E-state index in [-0.39, 0.29) is 30.9 Å². The first-order valence-corrected chi connectivity index (χ1v) is 9.32. The molecule has 0 aliphatic rings. The highest BCUT2D eigenvalue weighted by atomic mass is 79.9. The highest BCUT2D eigenvalue weighted by Gasteiger charge is 2.15. The highest BCUT2D eigenvalue weighted by Crippen LogP contribution is 2.22. The van der Waals surface area contributed by atoms with Gasteiger partial charge in [0.25, 0.3) is 5.69 Å². The number of para-hydroxylation sites is 1. The summed E-state index contributed by atoms with van der Waals surface area (Å²) < 4.78 is 11.0. The van der Waals surface area contributed by atoms with Crippen LogP contribution in [0, 0.1) is 10.1 Å². The van der Waals surface area contributed by atoms with Crippen molar-refractivity contribution < 1.29 is 24.0 Å². The number of nitrogens with zero attached hydrogens (tertiary/aromatic N) is 2. The minimum absolute atomic E-state index is 0.131. The summed E-state index contributed by atoms with van der Waals surface area (Å²) in [5.74, 6) is -0.645. The number of hydrogen-bond acceptors (Lipinski definition) is 7. The van der Waals surface area contributed by atoms with E-state index in [1.165, 1.54) is 24.4 Å². The summed E-state index contributed by atoms with van der Waals surface area (Å²) in [6.45, 7) is 1.69. The first-order chi connectivity index (χ1) is 13.9. The molecule has 0 fully saturated rings. The lowest BCUT2D eigenvalue weighted by Gasteiger charge is -2.09. The largest absolute Gasteiger partial charge is 0.481 e. The number of benzene rings is 2. The number of carbonyl (C=O) groups excluding carboxylic acids is 2. The molecular formula is C19H18BrN3O6. The smallest absolute Gasteiger partial charge is 0.344 e. The van der Waals surface area contributed by atoms with Crippen LogP contribution in [0.1, 0.15) is 18.1 Å². The van der Waals surface area contributed by atoms with E-state index >= 15 is 0 Å². The van der Waals surface area contributed by atoms with Gasteiger partial charge in [-0.15, -0.1) is 0 Å². The first kappa shape index (κ1) is 22.0. The number of esters is 1. The lowest BCUT2D eigenvalue weighted by atomic mass is 10.1. The van der Waals surface area contributed by atoms with Gasteiger partial charge < -0.3 is 9.47 Å². The number of nitro groups is 1. The Labute approximate surface area is 175 Å². The number of hydrazone groups is 1. The van der Waals surface area contributed by atoms with Crippen molar-refractivity contribution in [1.82, 2.24) is 5.43 Å². The average molecular weight is 464 g/mol. The maximum Gasteiger partial charge on any atom is 0.344 e. The predicted molar refractivity (Wildman–Crippen MR) is 109 cm³/mol. The van der Waals surface area contributed by atoms with Crippen molar-refractivity contribution in [1.29, 1.82) is 0 Å². The average Bonchev–Trinajstić information content (AvgIpc) is 2.68. The summed E-state index contributed by atoms with van der Waals surface area (Å²) >= 11 is 3.33. The molecule has 2 aromatic rings. The van der Waals surface area contributed by atoms with Crippen LogP contribution in [0.25, 0.3) is 0 Å². The third-order valence-corrected chi connectivity index (χ3v) is 4.05. The zero-order valence-electron chi connectivity index (χ0n) is 15.5. The van der Waals surface area contributed by atoms with E-state index in [0.29, 0.717) is 11.3 Å². The summed E-state index contributed by atoms with van der Waals surface area (Å²) in [7, 11) is 0. The molecule has 2 rings (SSSR count). The number of rotatable bonds is 9. The van der Waals surface area contributed by atoms with Crippen LogP contribution in [0.2, 0.25) is 0 Å². The maximum atomic E-state index is 12.1. The van der Waals surface area contributed by atoms with Gasteiger partial charge in [0.2, 0.25) is 5.91 Å². The van der Waals surface area contributed by atoms with Gasteiger partial charge in [0.1, 0.15) is 5.75 Å².